The van der Waals surface area contributed by atoms with Gasteiger partial charge in [-0.1, -0.05) is 40.2 Å². The molecule has 0 heterocycles. The van der Waals surface area contributed by atoms with Crippen molar-refractivity contribution in [1.82, 2.24) is 0 Å². The van der Waals surface area contributed by atoms with Crippen molar-refractivity contribution in [2.24, 2.45) is 0 Å². The molecule has 3 rings (SSSR count). The van der Waals surface area contributed by atoms with Gasteiger partial charge in [-0.15, -0.1) is 0 Å². The van der Waals surface area contributed by atoms with Crippen LogP contribution in [0.15, 0.2) is 52.5 Å². The predicted octanol–water partition coefficient (Wildman–Crippen LogP) is 4.93. The number of rotatable bonds is 4. The Morgan fingerprint density at radius 3 is 2.38 bits per heavy atom. The Kier molecular flexibility index (Phi) is 5.57. The minimum Gasteiger partial charge on any atom is -0.506 e. The van der Waals surface area contributed by atoms with Crippen molar-refractivity contribution in [1.29, 1.82) is 0 Å². The van der Waals surface area contributed by atoms with Gasteiger partial charge in [0, 0.05) is 28.4 Å². The van der Waals surface area contributed by atoms with Crippen LogP contribution in [0.2, 0.25) is 0 Å². The first-order chi connectivity index (χ1) is 12.5. The van der Waals surface area contributed by atoms with Gasteiger partial charge in [-0.05, 0) is 37.1 Å². The van der Waals surface area contributed by atoms with Crippen molar-refractivity contribution < 1.29 is 19.4 Å². The molecule has 134 valence electrons. The normalized spacial score (nSPS) is 14.5. The average Bonchev–Trinajstić information content (AvgIpc) is 2.62. The Morgan fingerprint density at radius 2 is 1.73 bits per heavy atom. The molecule has 1 aliphatic rings. The number of carbonyl (C=O) groups is 2. The number of aliphatic hydroxyl groups excluding tert-OH is 1. The summed E-state index contributed by atoms with van der Waals surface area (Å²) >= 11 is 3.40. The van der Waals surface area contributed by atoms with Gasteiger partial charge in [-0.25, -0.2) is 0 Å². The molecule has 0 bridgehead atoms. The van der Waals surface area contributed by atoms with E-state index in [0.29, 0.717) is 42.7 Å². The van der Waals surface area contributed by atoms with Crippen molar-refractivity contribution in [2.75, 3.05) is 0 Å². The highest BCUT2D eigenvalue weighted by atomic mass is 79.9. The maximum absolute atomic E-state index is 12.1. The Balaban J connectivity index is 1.88. The number of halogens is 1. The molecule has 0 saturated heterocycles. The van der Waals surface area contributed by atoms with E-state index < -0.39 is 0 Å². The van der Waals surface area contributed by atoms with Gasteiger partial charge in [0.1, 0.15) is 23.7 Å². The maximum atomic E-state index is 12.1. The highest BCUT2D eigenvalue weighted by Gasteiger charge is 2.28. The van der Waals surface area contributed by atoms with Crippen molar-refractivity contribution in [3.05, 3.63) is 69.2 Å². The standard InChI is InChI=1S/C21H19BrO4/c1-13-16(21(25)20-17(23)5-3-6-18(20)24)4-2-7-19(13)26-12-14-8-10-15(22)11-9-14/h2,4,7-11,25H,3,5-6,12H2,1H3. The van der Waals surface area contributed by atoms with E-state index in [0.717, 1.165) is 10.0 Å². The molecule has 0 aliphatic heterocycles. The minimum absolute atomic E-state index is 0.0793. The maximum Gasteiger partial charge on any atom is 0.170 e. The molecule has 2 aromatic carbocycles. The lowest BCUT2D eigenvalue weighted by molar-refractivity contribution is -0.123. The van der Waals surface area contributed by atoms with E-state index in [-0.39, 0.29) is 22.9 Å². The van der Waals surface area contributed by atoms with Crippen LogP contribution in [-0.4, -0.2) is 16.7 Å². The SMILES string of the molecule is Cc1c(OCc2ccc(Br)cc2)cccc1C(O)=C1C(=O)CCCC1=O. The molecule has 1 fully saturated rings. The molecular weight excluding hydrogens is 396 g/mol. The summed E-state index contributed by atoms with van der Waals surface area (Å²) in [7, 11) is 0. The topological polar surface area (TPSA) is 63.6 Å². The zero-order valence-electron chi connectivity index (χ0n) is 14.4. The first-order valence-electron chi connectivity index (χ1n) is 8.44. The van der Waals surface area contributed by atoms with Gasteiger partial charge in [0.2, 0.25) is 0 Å². The third-order valence-corrected chi connectivity index (χ3v) is 4.98. The average molecular weight is 415 g/mol. The van der Waals surface area contributed by atoms with Crippen LogP contribution in [0.25, 0.3) is 5.76 Å². The van der Waals surface area contributed by atoms with Gasteiger partial charge in [0.15, 0.2) is 11.6 Å². The fraction of sp³-hybridized carbons (Fsp3) is 0.238. The van der Waals surface area contributed by atoms with E-state index in [1.54, 1.807) is 25.1 Å². The Bertz CT molecular complexity index is 863. The van der Waals surface area contributed by atoms with Crippen LogP contribution in [0.5, 0.6) is 5.75 Å². The Morgan fingerprint density at radius 1 is 1.08 bits per heavy atom. The molecule has 0 amide bonds. The number of hydrogen-bond acceptors (Lipinski definition) is 4. The van der Waals surface area contributed by atoms with Crippen molar-refractivity contribution in [3.8, 4) is 5.75 Å². The zero-order chi connectivity index (χ0) is 18.7. The first kappa shape index (κ1) is 18.4. The summed E-state index contributed by atoms with van der Waals surface area (Å²) in [5.41, 5.74) is 2.08. The molecule has 0 atom stereocenters. The highest BCUT2D eigenvalue weighted by molar-refractivity contribution is 9.10. The Hall–Kier alpha value is -2.40. The minimum atomic E-state index is -0.292. The summed E-state index contributed by atoms with van der Waals surface area (Å²) < 4.78 is 6.87. The van der Waals surface area contributed by atoms with E-state index in [1.807, 2.05) is 24.3 Å². The van der Waals surface area contributed by atoms with Crippen molar-refractivity contribution in [2.45, 2.75) is 32.8 Å². The fourth-order valence-corrected chi connectivity index (χ4v) is 3.25. The molecule has 2 aromatic rings. The third kappa shape index (κ3) is 3.88. The third-order valence-electron chi connectivity index (χ3n) is 4.45. The number of carbonyl (C=O) groups excluding carboxylic acids is 2. The van der Waals surface area contributed by atoms with E-state index >= 15 is 0 Å². The van der Waals surface area contributed by atoms with E-state index in [4.69, 9.17) is 4.74 Å². The quantitative estimate of drug-likeness (QED) is 0.437. The molecule has 0 unspecified atom stereocenters. The molecule has 4 nitrogen and oxygen atoms in total. The first-order valence-corrected chi connectivity index (χ1v) is 9.23. The lowest BCUT2D eigenvalue weighted by atomic mass is 9.89. The number of aliphatic hydroxyl groups is 1. The summed E-state index contributed by atoms with van der Waals surface area (Å²) in [6.45, 7) is 2.19. The number of hydrogen-bond donors (Lipinski definition) is 1. The number of ketones is 2. The lowest BCUT2D eigenvalue weighted by Crippen LogP contribution is -2.20. The van der Waals surface area contributed by atoms with Crippen LogP contribution >= 0.6 is 15.9 Å². The van der Waals surface area contributed by atoms with Crippen LogP contribution in [0.4, 0.5) is 0 Å². The van der Waals surface area contributed by atoms with E-state index in [1.165, 1.54) is 0 Å². The zero-order valence-corrected chi connectivity index (χ0v) is 16.0. The second kappa shape index (κ2) is 7.87. The second-order valence-electron chi connectivity index (χ2n) is 6.27. The van der Waals surface area contributed by atoms with Crippen LogP contribution in [0.1, 0.15) is 36.0 Å². The van der Waals surface area contributed by atoms with Crippen LogP contribution in [0, 0.1) is 6.92 Å². The molecule has 1 aliphatic carbocycles. The predicted molar refractivity (Wildman–Crippen MR) is 103 cm³/mol. The van der Waals surface area contributed by atoms with Gasteiger partial charge in [-0.2, -0.15) is 0 Å². The lowest BCUT2D eigenvalue weighted by Gasteiger charge is -2.17. The largest absolute Gasteiger partial charge is 0.506 e. The van der Waals surface area contributed by atoms with Crippen molar-refractivity contribution >= 4 is 33.3 Å². The number of Topliss-reactive ketones (excluding diaryl/α,β-unsaturated/α-hetero) is 2. The number of benzene rings is 2. The molecule has 1 saturated carbocycles. The summed E-state index contributed by atoms with van der Waals surface area (Å²) in [6.07, 6.45) is 1.14. The highest BCUT2D eigenvalue weighted by Crippen LogP contribution is 2.30. The molecule has 0 aromatic heterocycles. The smallest absolute Gasteiger partial charge is 0.170 e. The van der Waals surface area contributed by atoms with Gasteiger partial charge in [0.25, 0.3) is 0 Å². The molecule has 1 N–H and O–H groups in total. The number of allylic oxidation sites excluding steroid dienone is 1. The van der Waals surface area contributed by atoms with Gasteiger partial charge < -0.3 is 9.84 Å². The monoisotopic (exact) mass is 414 g/mol. The number of ether oxygens (including phenoxy) is 1. The van der Waals surface area contributed by atoms with Gasteiger partial charge >= 0.3 is 0 Å². The van der Waals surface area contributed by atoms with Crippen LogP contribution in [0.3, 0.4) is 0 Å². The van der Waals surface area contributed by atoms with Crippen LogP contribution in [-0.2, 0) is 16.2 Å². The second-order valence-corrected chi connectivity index (χ2v) is 7.18. The molecule has 26 heavy (non-hydrogen) atoms. The summed E-state index contributed by atoms with van der Waals surface area (Å²) in [5, 5.41) is 10.6. The van der Waals surface area contributed by atoms with E-state index in [2.05, 4.69) is 15.9 Å². The summed E-state index contributed by atoms with van der Waals surface area (Å²) in [6, 6.07) is 13.1. The van der Waals surface area contributed by atoms with Crippen molar-refractivity contribution in [3.63, 3.8) is 0 Å². The summed E-state index contributed by atoms with van der Waals surface area (Å²) in [5.74, 6) is -0.224. The molecule has 0 spiro atoms. The van der Waals surface area contributed by atoms with Gasteiger partial charge in [-0.3, -0.25) is 9.59 Å². The Labute approximate surface area is 160 Å². The van der Waals surface area contributed by atoms with Gasteiger partial charge in [0.05, 0.1) is 0 Å². The molecule has 5 heteroatoms. The van der Waals surface area contributed by atoms with E-state index in [9.17, 15) is 14.7 Å². The molecule has 0 radical (unpaired) electrons. The van der Waals surface area contributed by atoms with Crippen LogP contribution < -0.4 is 4.74 Å². The fourth-order valence-electron chi connectivity index (χ4n) is 2.98. The molecular formula is C21H19BrO4. The summed E-state index contributed by atoms with van der Waals surface area (Å²) in [4.78, 5) is 24.2.